The number of benzene rings is 2. The lowest BCUT2D eigenvalue weighted by Crippen LogP contribution is -2.31. The molecule has 2 aromatic carbocycles. The number of ether oxygens (including phenoxy) is 8. The molecule has 0 saturated carbocycles. The van der Waals surface area contributed by atoms with Crippen LogP contribution >= 0.6 is 0 Å². The highest BCUT2D eigenvalue weighted by Gasteiger charge is 2.45. The predicted molar refractivity (Wildman–Crippen MR) is 152 cm³/mol. The van der Waals surface area contributed by atoms with Crippen molar-refractivity contribution in [1.29, 1.82) is 0 Å². The van der Waals surface area contributed by atoms with Crippen molar-refractivity contribution < 1.29 is 47.5 Å². The van der Waals surface area contributed by atoms with Gasteiger partial charge in [0.1, 0.15) is 12.2 Å². The predicted octanol–water partition coefficient (Wildman–Crippen LogP) is 6.22. The number of hydrogen-bond acceptors (Lipinski definition) is 10. The number of allylic oxidation sites excluding steroid dienone is 2. The van der Waals surface area contributed by atoms with Crippen LogP contribution in [0.4, 0.5) is 0 Å². The molecule has 0 radical (unpaired) electrons. The van der Waals surface area contributed by atoms with Crippen molar-refractivity contribution >= 4 is 11.9 Å². The van der Waals surface area contributed by atoms with E-state index in [9.17, 15) is 9.59 Å². The molecular formula is C32H36O10. The van der Waals surface area contributed by atoms with Gasteiger partial charge in [0.25, 0.3) is 0 Å². The van der Waals surface area contributed by atoms with Crippen LogP contribution in [0.5, 0.6) is 34.5 Å². The van der Waals surface area contributed by atoms with Gasteiger partial charge < -0.3 is 37.9 Å². The van der Waals surface area contributed by atoms with Crippen molar-refractivity contribution in [2.24, 2.45) is 11.8 Å². The molecule has 224 valence electrons. The molecular weight excluding hydrogens is 544 g/mol. The normalized spacial score (nSPS) is 22.4. The molecule has 0 unspecified atom stereocenters. The average molecular weight is 581 g/mol. The van der Waals surface area contributed by atoms with Crippen molar-refractivity contribution in [2.45, 2.75) is 53.8 Å². The van der Waals surface area contributed by atoms with Crippen LogP contribution in [0.2, 0.25) is 0 Å². The second-order valence-electron chi connectivity index (χ2n) is 10.5. The minimum absolute atomic E-state index is 0.00330. The van der Waals surface area contributed by atoms with Crippen LogP contribution in [0.15, 0.2) is 35.4 Å². The molecule has 5 rings (SSSR count). The Bertz CT molecular complexity index is 1380. The number of methoxy groups -OCH3 is 2. The Morgan fingerprint density at radius 1 is 0.714 bits per heavy atom. The van der Waals surface area contributed by atoms with E-state index in [1.54, 1.807) is 39.8 Å². The number of fused-ring (bicyclic) bond motifs is 5. The summed E-state index contributed by atoms with van der Waals surface area (Å²) in [4.78, 5) is 26.5. The fourth-order valence-electron chi connectivity index (χ4n) is 5.53. The van der Waals surface area contributed by atoms with Gasteiger partial charge in [-0.05, 0) is 39.8 Å². The summed E-state index contributed by atoms with van der Waals surface area (Å²) in [7, 11) is 3.05. The van der Waals surface area contributed by atoms with E-state index in [1.165, 1.54) is 14.2 Å². The lowest BCUT2D eigenvalue weighted by Gasteiger charge is -2.38. The topological polar surface area (TPSA) is 108 Å². The van der Waals surface area contributed by atoms with Crippen LogP contribution in [0.3, 0.4) is 0 Å². The molecule has 0 spiro atoms. The van der Waals surface area contributed by atoms with Gasteiger partial charge in [0.2, 0.25) is 25.1 Å². The van der Waals surface area contributed by atoms with E-state index in [0.29, 0.717) is 67.9 Å². The van der Waals surface area contributed by atoms with E-state index in [1.807, 2.05) is 26.0 Å². The Balaban J connectivity index is 1.89. The van der Waals surface area contributed by atoms with Gasteiger partial charge in [-0.2, -0.15) is 0 Å². The summed E-state index contributed by atoms with van der Waals surface area (Å²) in [6, 6.07) is 3.63. The summed E-state index contributed by atoms with van der Waals surface area (Å²) in [6.45, 7) is 10.9. The molecule has 10 heteroatoms. The third-order valence-electron chi connectivity index (χ3n) is 8.33. The van der Waals surface area contributed by atoms with Crippen LogP contribution in [0, 0.1) is 11.8 Å². The zero-order valence-electron chi connectivity index (χ0n) is 25.1. The molecule has 42 heavy (non-hydrogen) atoms. The van der Waals surface area contributed by atoms with Crippen LogP contribution in [-0.2, 0) is 19.1 Å². The number of carbonyl (C=O) groups is 2. The lowest BCUT2D eigenvalue weighted by atomic mass is 9.74. The van der Waals surface area contributed by atoms with Crippen LogP contribution in [0.25, 0.3) is 11.1 Å². The first kappa shape index (κ1) is 29.2. The summed E-state index contributed by atoms with van der Waals surface area (Å²) in [5.41, 5.74) is 3.26. The summed E-state index contributed by atoms with van der Waals surface area (Å²) in [5, 5.41) is 0. The van der Waals surface area contributed by atoms with E-state index >= 15 is 0 Å². The zero-order chi connectivity index (χ0) is 30.3. The van der Waals surface area contributed by atoms with Crippen LogP contribution < -0.4 is 28.4 Å². The van der Waals surface area contributed by atoms with Gasteiger partial charge in [-0.1, -0.05) is 26.0 Å². The molecule has 0 bridgehead atoms. The Morgan fingerprint density at radius 2 is 1.10 bits per heavy atom. The number of hydrogen-bond donors (Lipinski definition) is 0. The molecule has 2 heterocycles. The molecule has 4 atom stereocenters. The summed E-state index contributed by atoms with van der Waals surface area (Å²) >= 11 is 0. The van der Waals surface area contributed by atoms with E-state index in [0.717, 1.165) is 0 Å². The monoisotopic (exact) mass is 580 g/mol. The Morgan fingerprint density at radius 3 is 1.43 bits per heavy atom. The van der Waals surface area contributed by atoms with E-state index in [-0.39, 0.29) is 25.4 Å². The van der Waals surface area contributed by atoms with Gasteiger partial charge in [0, 0.05) is 45.2 Å². The Labute approximate surface area is 245 Å². The highest BCUT2D eigenvalue weighted by atomic mass is 16.7. The third kappa shape index (κ3) is 4.68. The molecule has 0 N–H and O–H groups in total. The van der Waals surface area contributed by atoms with Crippen molar-refractivity contribution in [1.82, 2.24) is 0 Å². The second-order valence-corrected chi connectivity index (χ2v) is 10.5. The van der Waals surface area contributed by atoms with Crippen molar-refractivity contribution in [3.05, 3.63) is 46.6 Å². The molecule has 1 aliphatic carbocycles. The highest BCUT2D eigenvalue weighted by molar-refractivity contribution is 5.92. The average Bonchev–Trinajstić information content (AvgIpc) is 3.68. The molecule has 0 aromatic heterocycles. The first-order valence-corrected chi connectivity index (χ1v) is 13.9. The first-order valence-electron chi connectivity index (χ1n) is 13.9. The lowest BCUT2D eigenvalue weighted by molar-refractivity contribution is -0.156. The summed E-state index contributed by atoms with van der Waals surface area (Å²) in [5.74, 6) is 0.795. The molecule has 2 aliphatic heterocycles. The van der Waals surface area contributed by atoms with Crippen molar-refractivity contribution in [3.63, 3.8) is 0 Å². The standard InChI is InChI=1S/C32H36O10/c1-9-15(3)31(33)41-25-17(5)18(6)26(42-32(34)16(4)10-2)20-12-22-28(40-14-38-22)30(36-8)24(20)23-19(25)11-21-27(29(23)35-7)39-13-37-21/h9-12,17-18,25-26H,13-14H2,1-8H3/b15-9+,16-10+/t17-,18+,25-,26-/m1/s1. The van der Waals surface area contributed by atoms with Gasteiger partial charge in [0.05, 0.1) is 14.2 Å². The summed E-state index contributed by atoms with van der Waals surface area (Å²) in [6.07, 6.45) is 1.80. The maximum Gasteiger partial charge on any atom is 0.333 e. The summed E-state index contributed by atoms with van der Waals surface area (Å²) < 4.78 is 47.7. The molecule has 0 fully saturated rings. The van der Waals surface area contributed by atoms with Gasteiger partial charge in [-0.3, -0.25) is 0 Å². The van der Waals surface area contributed by atoms with Gasteiger partial charge >= 0.3 is 11.9 Å². The highest BCUT2D eigenvalue weighted by Crippen LogP contribution is 2.61. The number of rotatable bonds is 6. The smallest absolute Gasteiger partial charge is 0.333 e. The minimum atomic E-state index is -0.798. The number of esters is 2. The molecule has 2 aromatic rings. The molecule has 0 saturated heterocycles. The van der Waals surface area contributed by atoms with Crippen LogP contribution in [0.1, 0.15) is 64.9 Å². The zero-order valence-corrected chi connectivity index (χ0v) is 25.1. The minimum Gasteiger partial charge on any atom is -0.492 e. The second kappa shape index (κ2) is 11.5. The van der Waals surface area contributed by atoms with E-state index in [4.69, 9.17) is 37.9 Å². The molecule has 10 nitrogen and oxygen atoms in total. The quantitative estimate of drug-likeness (QED) is 0.289. The first-order chi connectivity index (χ1) is 20.2. The molecule has 0 amide bonds. The van der Waals surface area contributed by atoms with Gasteiger partial charge in [0.15, 0.2) is 23.0 Å². The largest absolute Gasteiger partial charge is 0.492 e. The van der Waals surface area contributed by atoms with Gasteiger partial charge in [-0.25, -0.2) is 9.59 Å². The maximum atomic E-state index is 13.3. The Hall–Kier alpha value is -4.34. The van der Waals surface area contributed by atoms with E-state index < -0.39 is 24.1 Å². The fourth-order valence-corrected chi connectivity index (χ4v) is 5.53. The SMILES string of the molecule is C/C=C(\C)C(=O)O[C@H]1c2cc3c(c(OC)c2-c2c(cc4c(c2OC)OCO4)[C@H](OC(=O)/C(C)=C/C)[C@@H](C)[C@H]1C)OCO3. The van der Waals surface area contributed by atoms with Crippen molar-refractivity contribution in [2.75, 3.05) is 27.8 Å². The van der Waals surface area contributed by atoms with Crippen LogP contribution in [-0.4, -0.2) is 39.7 Å². The third-order valence-corrected chi connectivity index (χ3v) is 8.33. The molecule has 3 aliphatic rings. The van der Waals surface area contributed by atoms with E-state index in [2.05, 4.69) is 0 Å². The van der Waals surface area contributed by atoms with Crippen molar-refractivity contribution in [3.8, 4) is 45.6 Å². The Kier molecular flexibility index (Phi) is 7.99. The van der Waals surface area contributed by atoms with Gasteiger partial charge in [-0.15, -0.1) is 0 Å². The fraction of sp³-hybridized carbons (Fsp3) is 0.438. The maximum absolute atomic E-state index is 13.3. The number of carbonyl (C=O) groups excluding carboxylic acids is 2.